The zero-order valence-electron chi connectivity index (χ0n) is 12.2. The molecule has 0 aliphatic carbocycles. The molecular formula is C16H20N2O3. The Hall–Kier alpha value is -1.88. The van der Waals surface area contributed by atoms with Gasteiger partial charge in [-0.2, -0.15) is 0 Å². The number of piperazine rings is 1. The number of rotatable bonds is 3. The van der Waals surface area contributed by atoms with E-state index in [2.05, 4.69) is 4.90 Å². The van der Waals surface area contributed by atoms with Crippen molar-refractivity contribution in [2.45, 2.75) is 19.0 Å². The van der Waals surface area contributed by atoms with Crippen LogP contribution in [0.2, 0.25) is 0 Å². The van der Waals surface area contributed by atoms with Crippen LogP contribution in [0.3, 0.4) is 0 Å². The number of carbonyl (C=O) groups excluding carboxylic acids is 2. The van der Waals surface area contributed by atoms with Gasteiger partial charge in [-0.3, -0.25) is 14.5 Å². The average Bonchev–Trinajstić information content (AvgIpc) is 2.95. The van der Waals surface area contributed by atoms with Crippen molar-refractivity contribution in [1.29, 1.82) is 0 Å². The number of methoxy groups -OCH3 is 1. The summed E-state index contributed by atoms with van der Waals surface area (Å²) in [4.78, 5) is 28.3. The van der Waals surface area contributed by atoms with Crippen molar-refractivity contribution in [2.75, 3.05) is 26.7 Å². The predicted octanol–water partition coefficient (Wildman–Crippen LogP) is 0.892. The Labute approximate surface area is 124 Å². The molecule has 5 nitrogen and oxygen atoms in total. The van der Waals surface area contributed by atoms with E-state index >= 15 is 0 Å². The molecule has 0 aromatic heterocycles. The summed E-state index contributed by atoms with van der Waals surface area (Å²) in [5.74, 6) is -0.232. The second-order valence-corrected chi connectivity index (χ2v) is 5.71. The lowest BCUT2D eigenvalue weighted by Gasteiger charge is -2.36. The molecule has 0 N–H and O–H groups in total. The SMILES string of the molecule is COC(=O)C1CC2C(=O)N(Cc3ccccc3)CCN2C1. The minimum atomic E-state index is -0.202. The van der Waals surface area contributed by atoms with Crippen molar-refractivity contribution in [3.63, 3.8) is 0 Å². The molecule has 1 aromatic rings. The van der Waals surface area contributed by atoms with E-state index in [0.717, 1.165) is 18.7 Å². The summed E-state index contributed by atoms with van der Waals surface area (Å²) in [6.07, 6.45) is 0.580. The van der Waals surface area contributed by atoms with Gasteiger partial charge in [-0.15, -0.1) is 0 Å². The largest absolute Gasteiger partial charge is 0.469 e. The number of fused-ring (bicyclic) bond motifs is 1. The summed E-state index contributed by atoms with van der Waals surface area (Å²) in [7, 11) is 1.41. The van der Waals surface area contributed by atoms with Crippen molar-refractivity contribution in [1.82, 2.24) is 9.80 Å². The summed E-state index contributed by atoms with van der Waals surface area (Å²) in [5.41, 5.74) is 1.14. The molecule has 3 rings (SSSR count). The zero-order chi connectivity index (χ0) is 14.8. The third-order valence-electron chi connectivity index (χ3n) is 4.41. The molecule has 2 aliphatic heterocycles. The quantitative estimate of drug-likeness (QED) is 0.775. The highest BCUT2D eigenvalue weighted by atomic mass is 16.5. The molecule has 2 saturated heterocycles. The summed E-state index contributed by atoms with van der Waals surface area (Å²) < 4.78 is 4.81. The highest BCUT2D eigenvalue weighted by Gasteiger charge is 2.44. The Bertz CT molecular complexity index is 532. The molecule has 2 atom stereocenters. The lowest BCUT2D eigenvalue weighted by molar-refractivity contribution is -0.144. The molecule has 0 bridgehead atoms. The number of nitrogens with zero attached hydrogens (tertiary/aromatic N) is 2. The Morgan fingerprint density at radius 3 is 2.76 bits per heavy atom. The molecule has 0 saturated carbocycles. The zero-order valence-corrected chi connectivity index (χ0v) is 12.2. The van der Waals surface area contributed by atoms with Crippen LogP contribution in [0.4, 0.5) is 0 Å². The van der Waals surface area contributed by atoms with Gasteiger partial charge >= 0.3 is 5.97 Å². The summed E-state index contributed by atoms with van der Waals surface area (Å²) in [5, 5.41) is 0. The van der Waals surface area contributed by atoms with Crippen molar-refractivity contribution in [3.05, 3.63) is 35.9 Å². The maximum atomic E-state index is 12.6. The van der Waals surface area contributed by atoms with Gasteiger partial charge in [0, 0.05) is 26.2 Å². The fraction of sp³-hybridized carbons (Fsp3) is 0.500. The smallest absolute Gasteiger partial charge is 0.310 e. The maximum absolute atomic E-state index is 12.6. The van der Waals surface area contributed by atoms with E-state index in [4.69, 9.17) is 4.74 Å². The predicted molar refractivity (Wildman–Crippen MR) is 77.3 cm³/mol. The minimum absolute atomic E-state index is 0.136. The minimum Gasteiger partial charge on any atom is -0.469 e. The van der Waals surface area contributed by atoms with Crippen LogP contribution in [0.1, 0.15) is 12.0 Å². The van der Waals surface area contributed by atoms with Crippen LogP contribution in [-0.2, 0) is 20.9 Å². The molecule has 1 amide bonds. The fourth-order valence-electron chi connectivity index (χ4n) is 3.28. The number of amides is 1. The number of esters is 1. The van der Waals surface area contributed by atoms with Crippen LogP contribution < -0.4 is 0 Å². The van der Waals surface area contributed by atoms with E-state index < -0.39 is 0 Å². The van der Waals surface area contributed by atoms with Crippen LogP contribution in [0.15, 0.2) is 30.3 Å². The second kappa shape index (κ2) is 5.85. The van der Waals surface area contributed by atoms with Crippen LogP contribution >= 0.6 is 0 Å². The first-order valence-corrected chi connectivity index (χ1v) is 7.33. The van der Waals surface area contributed by atoms with Gasteiger partial charge in [0.2, 0.25) is 5.91 Å². The van der Waals surface area contributed by atoms with Crippen molar-refractivity contribution in [2.24, 2.45) is 5.92 Å². The van der Waals surface area contributed by atoms with Gasteiger partial charge < -0.3 is 9.64 Å². The average molecular weight is 288 g/mol. The van der Waals surface area contributed by atoms with E-state index in [0.29, 0.717) is 19.5 Å². The molecule has 2 aliphatic rings. The lowest BCUT2D eigenvalue weighted by atomic mass is 10.0. The summed E-state index contributed by atoms with van der Waals surface area (Å²) in [6.45, 7) is 2.84. The van der Waals surface area contributed by atoms with E-state index in [1.807, 2.05) is 35.2 Å². The molecule has 1 aromatic carbocycles. The first-order chi connectivity index (χ1) is 10.2. The van der Waals surface area contributed by atoms with Gasteiger partial charge in [-0.05, 0) is 12.0 Å². The first-order valence-electron chi connectivity index (χ1n) is 7.33. The Balaban J connectivity index is 1.67. The van der Waals surface area contributed by atoms with Crippen molar-refractivity contribution >= 4 is 11.9 Å². The van der Waals surface area contributed by atoms with E-state index in [1.54, 1.807) is 0 Å². The summed E-state index contributed by atoms with van der Waals surface area (Å²) >= 11 is 0. The standard InChI is InChI=1S/C16H20N2O3/c1-21-16(20)13-9-14-15(19)18(8-7-17(14)11-13)10-12-5-3-2-4-6-12/h2-6,13-14H,7-11H2,1H3. The van der Waals surface area contributed by atoms with Gasteiger partial charge in [-0.25, -0.2) is 0 Å². The lowest BCUT2D eigenvalue weighted by Crippen LogP contribution is -2.53. The Morgan fingerprint density at radius 1 is 1.29 bits per heavy atom. The number of benzene rings is 1. The molecular weight excluding hydrogens is 268 g/mol. The third kappa shape index (κ3) is 2.78. The van der Waals surface area contributed by atoms with Crippen molar-refractivity contribution < 1.29 is 14.3 Å². The molecule has 0 spiro atoms. The Morgan fingerprint density at radius 2 is 2.05 bits per heavy atom. The molecule has 112 valence electrons. The molecule has 2 fully saturated rings. The highest BCUT2D eigenvalue weighted by molar-refractivity contribution is 5.85. The molecule has 2 unspecified atom stereocenters. The van der Waals surface area contributed by atoms with Crippen LogP contribution in [0.25, 0.3) is 0 Å². The topological polar surface area (TPSA) is 49.9 Å². The maximum Gasteiger partial charge on any atom is 0.310 e. The monoisotopic (exact) mass is 288 g/mol. The second-order valence-electron chi connectivity index (χ2n) is 5.71. The molecule has 21 heavy (non-hydrogen) atoms. The first kappa shape index (κ1) is 14.1. The van der Waals surface area contributed by atoms with Gasteiger partial charge in [-0.1, -0.05) is 30.3 Å². The number of hydrogen-bond donors (Lipinski definition) is 0. The highest BCUT2D eigenvalue weighted by Crippen LogP contribution is 2.28. The van der Waals surface area contributed by atoms with Gasteiger partial charge in [0.1, 0.15) is 0 Å². The van der Waals surface area contributed by atoms with Gasteiger partial charge in [0.05, 0.1) is 19.1 Å². The number of carbonyl (C=O) groups is 2. The molecule has 5 heteroatoms. The van der Waals surface area contributed by atoms with Crippen LogP contribution in [-0.4, -0.2) is 54.5 Å². The molecule has 2 heterocycles. The van der Waals surface area contributed by atoms with E-state index in [9.17, 15) is 9.59 Å². The van der Waals surface area contributed by atoms with Gasteiger partial charge in [0.15, 0.2) is 0 Å². The fourth-order valence-corrected chi connectivity index (χ4v) is 3.28. The summed E-state index contributed by atoms with van der Waals surface area (Å²) in [6, 6.07) is 9.85. The normalized spacial score (nSPS) is 25.8. The van der Waals surface area contributed by atoms with E-state index in [1.165, 1.54) is 7.11 Å². The third-order valence-corrected chi connectivity index (χ3v) is 4.41. The van der Waals surface area contributed by atoms with Crippen LogP contribution in [0, 0.1) is 5.92 Å². The Kier molecular flexibility index (Phi) is 3.92. The van der Waals surface area contributed by atoms with E-state index in [-0.39, 0.29) is 23.8 Å². The van der Waals surface area contributed by atoms with Crippen LogP contribution in [0.5, 0.6) is 0 Å². The van der Waals surface area contributed by atoms with Crippen molar-refractivity contribution in [3.8, 4) is 0 Å². The number of hydrogen-bond acceptors (Lipinski definition) is 4. The van der Waals surface area contributed by atoms with Gasteiger partial charge in [0.25, 0.3) is 0 Å². The molecule has 0 radical (unpaired) electrons. The number of ether oxygens (including phenoxy) is 1.